The maximum Gasteiger partial charge on any atom is 0.0966 e. The molecule has 0 aliphatic carbocycles. The molecule has 110 valence electrons. The quantitative estimate of drug-likeness (QED) is 0.708. The van der Waals surface area contributed by atoms with Crippen LogP contribution in [-0.4, -0.2) is 33.3 Å². The molecule has 2 heterocycles. The molecule has 1 fully saturated rings. The normalized spacial score (nSPS) is 22.0. The Bertz CT molecular complexity index is 717. The van der Waals surface area contributed by atoms with Crippen LogP contribution in [0.2, 0.25) is 0 Å². The van der Waals surface area contributed by atoms with Crippen LogP contribution in [0.3, 0.4) is 0 Å². The molecule has 0 saturated carbocycles. The molecule has 0 spiro atoms. The van der Waals surface area contributed by atoms with Gasteiger partial charge >= 0.3 is 0 Å². The summed E-state index contributed by atoms with van der Waals surface area (Å²) in [5.74, 6) is 6.26. The van der Waals surface area contributed by atoms with Crippen LogP contribution in [-0.2, 0) is 6.54 Å². The van der Waals surface area contributed by atoms with Crippen molar-refractivity contribution in [2.75, 3.05) is 6.54 Å². The molecule has 0 bridgehead atoms. The lowest BCUT2D eigenvalue weighted by Gasteiger charge is -2.24. The van der Waals surface area contributed by atoms with Gasteiger partial charge in [-0.3, -0.25) is 0 Å². The first kappa shape index (κ1) is 15.0. The average molecular weight is 413 g/mol. The summed E-state index contributed by atoms with van der Waals surface area (Å²) < 4.78 is 3.99. The third kappa shape index (κ3) is 3.32. The van der Waals surface area contributed by atoms with Crippen LogP contribution in [0.25, 0.3) is 11.0 Å². The Labute approximate surface area is 140 Å². The molecular weight excluding hydrogens is 398 g/mol. The Morgan fingerprint density at radius 3 is 3.00 bits per heavy atom. The number of aliphatic hydroxyl groups is 1. The number of halogens is 2. The molecule has 3 rings (SSSR count). The molecule has 1 aromatic carbocycles. The van der Waals surface area contributed by atoms with E-state index in [0.29, 0.717) is 6.54 Å². The van der Waals surface area contributed by atoms with Gasteiger partial charge in [-0.15, -0.1) is 0 Å². The molecule has 1 saturated heterocycles. The van der Waals surface area contributed by atoms with E-state index in [1.807, 2.05) is 16.7 Å². The molecule has 0 amide bonds. The van der Waals surface area contributed by atoms with Gasteiger partial charge in [-0.1, -0.05) is 11.8 Å². The minimum atomic E-state index is -0.365. The molecule has 2 atom stereocenters. The van der Waals surface area contributed by atoms with Crippen LogP contribution >= 0.6 is 31.9 Å². The van der Waals surface area contributed by atoms with E-state index in [-0.39, 0.29) is 12.1 Å². The highest BCUT2D eigenvalue weighted by Gasteiger charge is 2.19. The zero-order chi connectivity index (χ0) is 14.8. The highest BCUT2D eigenvalue weighted by Crippen LogP contribution is 2.27. The molecule has 4 nitrogen and oxygen atoms in total. The first-order chi connectivity index (χ1) is 10.1. The van der Waals surface area contributed by atoms with E-state index in [2.05, 4.69) is 54.0 Å². The van der Waals surface area contributed by atoms with Gasteiger partial charge in [0, 0.05) is 8.95 Å². The van der Waals surface area contributed by atoms with Crippen molar-refractivity contribution in [2.24, 2.45) is 0 Å². The van der Waals surface area contributed by atoms with Gasteiger partial charge in [-0.2, -0.15) is 0 Å². The highest BCUT2D eigenvalue weighted by atomic mass is 79.9. The van der Waals surface area contributed by atoms with E-state index in [9.17, 15) is 5.11 Å². The van der Waals surface area contributed by atoms with E-state index in [0.717, 1.165) is 39.4 Å². The van der Waals surface area contributed by atoms with Crippen LogP contribution < -0.4 is 5.32 Å². The number of hydrogen-bond acceptors (Lipinski definition) is 3. The number of rotatable bonds is 1. The largest absolute Gasteiger partial charge is 0.390 e. The van der Waals surface area contributed by atoms with Crippen LogP contribution in [0.15, 0.2) is 27.4 Å². The van der Waals surface area contributed by atoms with E-state index in [4.69, 9.17) is 0 Å². The zero-order valence-corrected chi connectivity index (χ0v) is 14.5. The lowest BCUT2D eigenvalue weighted by Crippen LogP contribution is -2.43. The highest BCUT2D eigenvalue weighted by molar-refractivity contribution is 9.13. The summed E-state index contributed by atoms with van der Waals surface area (Å²) in [5, 5.41) is 13.1. The smallest absolute Gasteiger partial charge is 0.0966 e. The predicted octanol–water partition coefficient (Wildman–Crippen LogP) is 2.68. The van der Waals surface area contributed by atoms with E-state index < -0.39 is 0 Å². The Morgan fingerprint density at radius 1 is 1.38 bits per heavy atom. The number of aromatic nitrogens is 2. The van der Waals surface area contributed by atoms with Gasteiger partial charge in [0.15, 0.2) is 0 Å². The second-order valence-corrected chi connectivity index (χ2v) is 6.80. The van der Waals surface area contributed by atoms with Crippen molar-refractivity contribution in [2.45, 2.75) is 31.5 Å². The second kappa shape index (κ2) is 6.49. The van der Waals surface area contributed by atoms with Crippen molar-refractivity contribution in [3.8, 4) is 11.8 Å². The van der Waals surface area contributed by atoms with Gasteiger partial charge in [0.2, 0.25) is 0 Å². The number of hydrogen-bond donors (Lipinski definition) is 2. The Hall–Kier alpha value is -0.870. The minimum Gasteiger partial charge on any atom is -0.390 e. The standard InChI is InChI=1S/C15H15Br2N3O/c16-10-7-13-14(8-11(10)17)20(9-19-13)6-2-3-12-15(21)4-1-5-18-12/h7-9,12,15,18,21H,1,4-6H2. The number of fused-ring (bicyclic) bond motifs is 1. The molecule has 6 heteroatoms. The summed E-state index contributed by atoms with van der Waals surface area (Å²) in [5.41, 5.74) is 1.97. The van der Waals surface area contributed by atoms with Gasteiger partial charge in [0.25, 0.3) is 0 Å². The van der Waals surface area contributed by atoms with Crippen LogP contribution in [0, 0.1) is 11.8 Å². The Balaban J connectivity index is 1.78. The fraction of sp³-hybridized carbons (Fsp3) is 0.400. The minimum absolute atomic E-state index is 0.116. The molecule has 1 aliphatic heterocycles. The molecular formula is C15H15Br2N3O. The number of benzene rings is 1. The molecule has 2 N–H and O–H groups in total. The second-order valence-electron chi connectivity index (χ2n) is 5.09. The summed E-state index contributed by atoms with van der Waals surface area (Å²) in [6, 6.07) is 3.90. The van der Waals surface area contributed by atoms with Crippen molar-refractivity contribution >= 4 is 42.9 Å². The van der Waals surface area contributed by atoms with Crippen molar-refractivity contribution in [1.82, 2.24) is 14.9 Å². The molecule has 2 unspecified atom stereocenters. The van der Waals surface area contributed by atoms with Crippen LogP contribution in [0.1, 0.15) is 12.8 Å². The fourth-order valence-corrected chi connectivity index (χ4v) is 3.10. The Morgan fingerprint density at radius 2 is 2.19 bits per heavy atom. The molecule has 21 heavy (non-hydrogen) atoms. The maximum atomic E-state index is 9.87. The molecule has 1 aromatic heterocycles. The first-order valence-corrected chi connectivity index (χ1v) is 8.43. The number of piperidine rings is 1. The molecule has 0 radical (unpaired) electrons. The summed E-state index contributed by atoms with van der Waals surface area (Å²) in [7, 11) is 0. The van der Waals surface area contributed by atoms with E-state index in [1.54, 1.807) is 6.33 Å². The van der Waals surface area contributed by atoms with Crippen molar-refractivity contribution < 1.29 is 5.11 Å². The predicted molar refractivity (Wildman–Crippen MR) is 89.9 cm³/mol. The summed E-state index contributed by atoms with van der Waals surface area (Å²) in [4.78, 5) is 4.38. The third-order valence-electron chi connectivity index (χ3n) is 3.60. The molecule has 2 aromatic rings. The van der Waals surface area contributed by atoms with Crippen molar-refractivity contribution in [3.05, 3.63) is 27.4 Å². The van der Waals surface area contributed by atoms with Crippen molar-refractivity contribution in [3.63, 3.8) is 0 Å². The third-order valence-corrected chi connectivity index (χ3v) is 5.44. The zero-order valence-electron chi connectivity index (χ0n) is 11.3. The van der Waals surface area contributed by atoms with Crippen LogP contribution in [0.5, 0.6) is 0 Å². The van der Waals surface area contributed by atoms with Gasteiger partial charge in [0.05, 0.1) is 36.1 Å². The summed E-state index contributed by atoms with van der Waals surface area (Å²) in [6.45, 7) is 1.49. The number of nitrogens with zero attached hydrogens (tertiary/aromatic N) is 2. The summed E-state index contributed by atoms with van der Waals surface area (Å²) in [6.07, 6.45) is 3.26. The van der Waals surface area contributed by atoms with E-state index in [1.165, 1.54) is 0 Å². The van der Waals surface area contributed by atoms with E-state index >= 15 is 0 Å². The maximum absolute atomic E-state index is 9.87. The van der Waals surface area contributed by atoms with Crippen molar-refractivity contribution in [1.29, 1.82) is 0 Å². The Kier molecular flexibility index (Phi) is 4.65. The molecule has 1 aliphatic rings. The first-order valence-electron chi connectivity index (χ1n) is 6.85. The number of nitrogens with one attached hydrogen (secondary N) is 1. The lowest BCUT2D eigenvalue weighted by molar-refractivity contribution is 0.118. The van der Waals surface area contributed by atoms with Crippen LogP contribution in [0.4, 0.5) is 0 Å². The average Bonchev–Trinajstić information content (AvgIpc) is 2.84. The SMILES string of the molecule is OC1CCCNC1C#CCn1cnc2cc(Br)c(Br)cc21. The fourth-order valence-electron chi connectivity index (χ4n) is 2.44. The summed E-state index contributed by atoms with van der Waals surface area (Å²) >= 11 is 6.98. The van der Waals surface area contributed by atoms with Gasteiger partial charge < -0.3 is 15.0 Å². The van der Waals surface area contributed by atoms with Gasteiger partial charge in [-0.05, 0) is 63.4 Å². The monoisotopic (exact) mass is 411 g/mol. The lowest BCUT2D eigenvalue weighted by atomic mass is 10.0. The number of imidazole rings is 1. The number of aliphatic hydroxyl groups excluding tert-OH is 1. The van der Waals surface area contributed by atoms with Gasteiger partial charge in [0.1, 0.15) is 0 Å². The topological polar surface area (TPSA) is 50.1 Å². The van der Waals surface area contributed by atoms with Gasteiger partial charge in [-0.25, -0.2) is 4.98 Å².